The number of carbonyl (C=O) groups excluding carboxylic acids is 2. The fourth-order valence-electron chi connectivity index (χ4n) is 4.76. The van der Waals surface area contributed by atoms with E-state index in [9.17, 15) is 14.4 Å². The topological polar surface area (TPSA) is 95.6 Å². The molecule has 0 saturated carbocycles. The number of amides is 2. The van der Waals surface area contributed by atoms with E-state index in [0.29, 0.717) is 49.0 Å². The summed E-state index contributed by atoms with van der Waals surface area (Å²) in [6.07, 6.45) is 2.99. The van der Waals surface area contributed by atoms with E-state index in [4.69, 9.17) is 9.72 Å². The van der Waals surface area contributed by atoms with Gasteiger partial charge in [0.2, 0.25) is 5.91 Å². The second kappa shape index (κ2) is 8.20. The van der Waals surface area contributed by atoms with Crippen molar-refractivity contribution in [3.63, 3.8) is 0 Å². The number of aromatic nitrogens is 2. The normalized spacial score (nSPS) is 23.3. The lowest BCUT2D eigenvalue weighted by molar-refractivity contribution is -0.136. The highest BCUT2D eigenvalue weighted by atomic mass is 32.1. The van der Waals surface area contributed by atoms with Crippen molar-refractivity contribution in [1.82, 2.24) is 19.8 Å². The van der Waals surface area contributed by atoms with Crippen molar-refractivity contribution < 1.29 is 14.3 Å². The van der Waals surface area contributed by atoms with Crippen LogP contribution in [-0.2, 0) is 22.5 Å². The molecule has 164 valence electrons. The first-order valence-electron chi connectivity index (χ1n) is 10.9. The van der Waals surface area contributed by atoms with E-state index in [-0.39, 0.29) is 35.9 Å². The summed E-state index contributed by atoms with van der Waals surface area (Å²) >= 11 is 1.47. The van der Waals surface area contributed by atoms with Crippen LogP contribution in [0.2, 0.25) is 0 Å². The van der Waals surface area contributed by atoms with Gasteiger partial charge >= 0.3 is 0 Å². The number of aromatic amines is 1. The number of thiophene rings is 1. The predicted molar refractivity (Wildman–Crippen MR) is 115 cm³/mol. The molecule has 0 aliphatic carbocycles. The molecular formula is C22H26N4O4S. The number of carbonyl (C=O) groups is 2. The molecule has 2 aromatic heterocycles. The number of nitrogens with one attached hydrogen (secondary N) is 1. The van der Waals surface area contributed by atoms with Gasteiger partial charge in [-0.2, -0.15) is 0 Å². The van der Waals surface area contributed by atoms with Crippen LogP contribution >= 0.6 is 11.3 Å². The maximum Gasteiger partial charge on any atom is 0.264 e. The van der Waals surface area contributed by atoms with Crippen LogP contribution < -0.4 is 5.56 Å². The Kier molecular flexibility index (Phi) is 5.39. The van der Waals surface area contributed by atoms with Crippen molar-refractivity contribution in [2.45, 2.75) is 45.2 Å². The molecule has 0 aromatic carbocycles. The molecule has 3 aliphatic heterocycles. The molecule has 2 amide bonds. The number of nitrogens with zero attached hydrogens (tertiary/aromatic N) is 3. The van der Waals surface area contributed by atoms with Gasteiger partial charge in [0.15, 0.2) is 0 Å². The van der Waals surface area contributed by atoms with Gasteiger partial charge in [0, 0.05) is 31.0 Å². The number of hydrogen-bond donors (Lipinski definition) is 1. The maximum absolute atomic E-state index is 12.9. The average Bonchev–Trinajstić information content (AvgIpc) is 3.54. The first-order chi connectivity index (χ1) is 15.0. The molecule has 0 spiro atoms. The third kappa shape index (κ3) is 3.80. The minimum atomic E-state index is -0.205. The number of rotatable bonds is 3. The third-order valence-corrected chi connectivity index (χ3v) is 7.44. The molecule has 2 fully saturated rings. The summed E-state index contributed by atoms with van der Waals surface area (Å²) in [5, 5.41) is 0. The summed E-state index contributed by atoms with van der Waals surface area (Å²) in [6.45, 7) is 4.56. The molecule has 0 radical (unpaired) electrons. The molecule has 5 rings (SSSR count). The number of fused-ring (bicyclic) bond motifs is 1. The van der Waals surface area contributed by atoms with Crippen LogP contribution in [0, 0.1) is 12.8 Å². The minimum absolute atomic E-state index is 0.0430. The van der Waals surface area contributed by atoms with Crippen molar-refractivity contribution in [2.24, 2.45) is 5.92 Å². The Hall–Kier alpha value is -2.52. The smallest absolute Gasteiger partial charge is 0.264 e. The molecule has 3 aliphatic rings. The van der Waals surface area contributed by atoms with Crippen LogP contribution in [0.1, 0.15) is 56.9 Å². The highest BCUT2D eigenvalue weighted by Crippen LogP contribution is 2.33. The zero-order valence-corrected chi connectivity index (χ0v) is 18.4. The van der Waals surface area contributed by atoms with Gasteiger partial charge in [0.05, 0.1) is 41.2 Å². The lowest BCUT2D eigenvalue weighted by atomic mass is 10.0. The molecule has 1 N–H and O–H groups in total. The van der Waals surface area contributed by atoms with Gasteiger partial charge in [-0.1, -0.05) is 0 Å². The minimum Gasteiger partial charge on any atom is -0.381 e. The van der Waals surface area contributed by atoms with Gasteiger partial charge in [-0.15, -0.1) is 11.3 Å². The van der Waals surface area contributed by atoms with Gasteiger partial charge in [-0.3, -0.25) is 14.4 Å². The monoisotopic (exact) mass is 442 g/mol. The Morgan fingerprint density at radius 1 is 1.26 bits per heavy atom. The first kappa shape index (κ1) is 20.4. The second-order valence-corrected chi connectivity index (χ2v) is 9.80. The molecule has 2 aromatic rings. The van der Waals surface area contributed by atoms with Gasteiger partial charge in [-0.05, 0) is 38.3 Å². The highest BCUT2D eigenvalue weighted by Gasteiger charge is 2.37. The van der Waals surface area contributed by atoms with E-state index in [0.717, 1.165) is 29.8 Å². The Morgan fingerprint density at radius 3 is 2.87 bits per heavy atom. The SMILES string of the molecule is Cc1ccc(C(=O)N2CCc3nc([C@H]4CCCN4C(=O)[C@@H]4CCOC4)[nH]c(=O)c3C2)s1. The fourth-order valence-corrected chi connectivity index (χ4v) is 5.59. The quantitative estimate of drug-likeness (QED) is 0.785. The van der Waals surface area contributed by atoms with E-state index in [1.54, 1.807) is 4.90 Å². The number of likely N-dealkylation sites (tertiary alicyclic amines) is 1. The fraction of sp³-hybridized carbons (Fsp3) is 0.545. The van der Waals surface area contributed by atoms with Crippen molar-refractivity contribution in [2.75, 3.05) is 26.3 Å². The molecule has 8 nitrogen and oxygen atoms in total. The van der Waals surface area contributed by atoms with Crippen LogP contribution in [0.15, 0.2) is 16.9 Å². The molecular weight excluding hydrogens is 416 g/mol. The largest absolute Gasteiger partial charge is 0.381 e. The van der Waals surface area contributed by atoms with Crippen LogP contribution in [0.25, 0.3) is 0 Å². The summed E-state index contributed by atoms with van der Waals surface area (Å²) in [5.74, 6) is 0.537. The zero-order valence-electron chi connectivity index (χ0n) is 17.6. The van der Waals surface area contributed by atoms with E-state index < -0.39 is 0 Å². The van der Waals surface area contributed by atoms with E-state index in [1.165, 1.54) is 11.3 Å². The zero-order chi connectivity index (χ0) is 21.5. The number of H-pyrrole nitrogens is 1. The average molecular weight is 443 g/mol. The van der Waals surface area contributed by atoms with Gasteiger partial charge in [-0.25, -0.2) is 4.98 Å². The molecule has 9 heteroatoms. The standard InChI is InChI=1S/C22H26N4O4S/c1-13-4-5-18(31-13)22(29)25-9-6-16-15(11-25)20(27)24-19(23-16)17-3-2-8-26(17)21(28)14-7-10-30-12-14/h4-5,14,17H,2-3,6-12H2,1H3,(H,23,24,27)/t14-,17-/m1/s1. The van der Waals surface area contributed by atoms with Crippen molar-refractivity contribution in [3.05, 3.63) is 49.3 Å². The third-order valence-electron chi connectivity index (χ3n) is 6.46. The molecule has 0 unspecified atom stereocenters. The Bertz CT molecular complexity index is 1070. The molecule has 2 atom stereocenters. The van der Waals surface area contributed by atoms with Crippen LogP contribution in [0.3, 0.4) is 0 Å². The Labute approximate surface area is 184 Å². The van der Waals surface area contributed by atoms with E-state index >= 15 is 0 Å². The summed E-state index contributed by atoms with van der Waals surface area (Å²) in [7, 11) is 0. The number of ether oxygens (including phenoxy) is 1. The van der Waals surface area contributed by atoms with Crippen molar-refractivity contribution >= 4 is 23.2 Å². The number of hydrogen-bond acceptors (Lipinski definition) is 6. The van der Waals surface area contributed by atoms with Crippen LogP contribution in [0.5, 0.6) is 0 Å². The number of aryl methyl sites for hydroxylation is 1. The summed E-state index contributed by atoms with van der Waals surface area (Å²) in [5.41, 5.74) is 1.09. The van der Waals surface area contributed by atoms with Crippen LogP contribution in [-0.4, -0.2) is 57.9 Å². The van der Waals surface area contributed by atoms with E-state index in [2.05, 4.69) is 4.98 Å². The highest BCUT2D eigenvalue weighted by molar-refractivity contribution is 7.13. The Morgan fingerprint density at radius 2 is 2.13 bits per heavy atom. The van der Waals surface area contributed by atoms with Gasteiger partial charge in [0.1, 0.15) is 5.82 Å². The van der Waals surface area contributed by atoms with Gasteiger partial charge in [0.25, 0.3) is 11.5 Å². The molecule has 31 heavy (non-hydrogen) atoms. The van der Waals surface area contributed by atoms with E-state index in [1.807, 2.05) is 24.0 Å². The Balaban J connectivity index is 1.37. The molecule has 5 heterocycles. The lowest BCUT2D eigenvalue weighted by Crippen LogP contribution is -2.41. The summed E-state index contributed by atoms with van der Waals surface area (Å²) in [4.78, 5) is 51.7. The van der Waals surface area contributed by atoms with Crippen molar-refractivity contribution in [1.29, 1.82) is 0 Å². The second-order valence-electron chi connectivity index (χ2n) is 8.51. The summed E-state index contributed by atoms with van der Waals surface area (Å²) < 4.78 is 5.38. The molecule has 0 bridgehead atoms. The maximum atomic E-state index is 12.9. The van der Waals surface area contributed by atoms with Gasteiger partial charge < -0.3 is 19.5 Å². The molecule has 2 saturated heterocycles. The first-order valence-corrected chi connectivity index (χ1v) is 11.7. The van der Waals surface area contributed by atoms with Crippen LogP contribution in [0.4, 0.5) is 0 Å². The predicted octanol–water partition coefficient (Wildman–Crippen LogP) is 2.04. The van der Waals surface area contributed by atoms with Crippen molar-refractivity contribution in [3.8, 4) is 0 Å². The lowest BCUT2D eigenvalue weighted by Gasteiger charge is -2.29. The summed E-state index contributed by atoms with van der Waals surface area (Å²) in [6, 6.07) is 3.58.